The van der Waals surface area contributed by atoms with Crippen LogP contribution in [0, 0.1) is 11.8 Å². The Morgan fingerprint density at radius 2 is 2.19 bits per heavy atom. The molecule has 1 saturated carbocycles. The zero-order chi connectivity index (χ0) is 11.7. The lowest BCUT2D eigenvalue weighted by Gasteiger charge is -2.32. The van der Waals surface area contributed by atoms with Crippen molar-refractivity contribution in [2.24, 2.45) is 5.18 Å². The second kappa shape index (κ2) is 4.12. The Hall–Kier alpha value is -1.58. The highest BCUT2D eigenvalue weighted by molar-refractivity contribution is 5.55. The van der Waals surface area contributed by atoms with Gasteiger partial charge < -0.3 is 10.5 Å². The van der Waals surface area contributed by atoms with Crippen molar-refractivity contribution in [3.63, 3.8) is 0 Å². The quantitative estimate of drug-likeness (QED) is 0.629. The maximum atomic E-state index is 10.6. The van der Waals surface area contributed by atoms with Crippen molar-refractivity contribution >= 4 is 5.69 Å². The van der Waals surface area contributed by atoms with Gasteiger partial charge in [-0.3, -0.25) is 0 Å². The Bertz CT molecular complexity index is 418. The largest absolute Gasteiger partial charge is 0.496 e. The van der Waals surface area contributed by atoms with Crippen molar-refractivity contribution in [3.05, 3.63) is 28.2 Å². The van der Waals surface area contributed by atoms with Crippen molar-refractivity contribution in [2.75, 3.05) is 12.8 Å². The zero-order valence-corrected chi connectivity index (χ0v) is 9.56. The molecule has 0 amide bonds. The molecule has 4 nitrogen and oxygen atoms in total. The van der Waals surface area contributed by atoms with Gasteiger partial charge in [-0.25, -0.2) is 0 Å². The molecule has 2 N–H and O–H groups in total. The smallest absolute Gasteiger partial charge is 0.122 e. The van der Waals surface area contributed by atoms with Crippen LogP contribution in [0.5, 0.6) is 5.75 Å². The molecule has 2 atom stereocenters. The van der Waals surface area contributed by atoms with Gasteiger partial charge in [0.2, 0.25) is 0 Å². The van der Waals surface area contributed by atoms with Crippen molar-refractivity contribution in [1.82, 2.24) is 0 Å². The predicted molar refractivity (Wildman–Crippen MR) is 63.7 cm³/mol. The van der Waals surface area contributed by atoms with Crippen LogP contribution in [-0.4, -0.2) is 13.2 Å². The number of hydrogen-bond acceptors (Lipinski definition) is 4. The van der Waals surface area contributed by atoms with E-state index in [-0.39, 0.29) is 12.0 Å². The second-order valence-corrected chi connectivity index (χ2v) is 4.31. The van der Waals surface area contributed by atoms with Crippen LogP contribution in [0.2, 0.25) is 0 Å². The monoisotopic (exact) mass is 220 g/mol. The number of nitrogen functional groups attached to an aromatic ring is 1. The van der Waals surface area contributed by atoms with Crippen LogP contribution in [0.25, 0.3) is 0 Å². The van der Waals surface area contributed by atoms with E-state index in [2.05, 4.69) is 5.18 Å². The van der Waals surface area contributed by atoms with Crippen LogP contribution in [0.3, 0.4) is 0 Å². The molecule has 0 saturated heterocycles. The van der Waals surface area contributed by atoms with E-state index < -0.39 is 0 Å². The van der Waals surface area contributed by atoms with Crippen LogP contribution < -0.4 is 10.5 Å². The van der Waals surface area contributed by atoms with Crippen LogP contribution >= 0.6 is 0 Å². The third-order valence-corrected chi connectivity index (χ3v) is 3.39. The first-order chi connectivity index (χ1) is 7.67. The van der Waals surface area contributed by atoms with Crippen LogP contribution in [0.4, 0.5) is 5.69 Å². The normalized spacial score (nSPS) is 23.6. The molecule has 86 valence electrons. The summed E-state index contributed by atoms with van der Waals surface area (Å²) in [5, 5.41) is 3.13. The molecule has 2 rings (SSSR count). The second-order valence-electron chi connectivity index (χ2n) is 4.31. The van der Waals surface area contributed by atoms with Gasteiger partial charge in [0.05, 0.1) is 13.2 Å². The van der Waals surface area contributed by atoms with Crippen molar-refractivity contribution in [2.45, 2.75) is 31.7 Å². The number of aryl methyl sites for hydroxylation is 1. The first kappa shape index (κ1) is 10.9. The van der Waals surface area contributed by atoms with Gasteiger partial charge in [-0.05, 0) is 37.5 Å². The molecule has 0 bridgehead atoms. The lowest BCUT2D eigenvalue weighted by molar-refractivity contribution is 0.329. The molecule has 1 aliphatic carbocycles. The first-order valence-corrected chi connectivity index (χ1v) is 5.44. The van der Waals surface area contributed by atoms with Crippen LogP contribution in [0.15, 0.2) is 17.3 Å². The fourth-order valence-electron chi connectivity index (χ4n) is 2.15. The molecule has 16 heavy (non-hydrogen) atoms. The molecular formula is C12H16N2O2. The van der Waals surface area contributed by atoms with Crippen molar-refractivity contribution in [3.8, 4) is 5.75 Å². The number of anilines is 1. The Kier molecular flexibility index (Phi) is 2.81. The molecule has 0 aliphatic heterocycles. The van der Waals surface area contributed by atoms with Gasteiger partial charge in [0.15, 0.2) is 0 Å². The molecule has 2 unspecified atom stereocenters. The van der Waals surface area contributed by atoms with Crippen molar-refractivity contribution < 1.29 is 4.74 Å². The summed E-state index contributed by atoms with van der Waals surface area (Å²) in [6.45, 7) is 1.94. The average Bonchev–Trinajstić information content (AvgIpc) is 2.22. The highest BCUT2D eigenvalue weighted by Gasteiger charge is 2.35. The third-order valence-electron chi connectivity index (χ3n) is 3.39. The maximum Gasteiger partial charge on any atom is 0.122 e. The fraction of sp³-hybridized carbons (Fsp3) is 0.500. The van der Waals surface area contributed by atoms with E-state index in [0.717, 1.165) is 35.4 Å². The number of rotatable bonds is 3. The number of nitroso groups, excluding NO2 is 1. The first-order valence-electron chi connectivity index (χ1n) is 5.44. The molecule has 0 heterocycles. The van der Waals surface area contributed by atoms with E-state index in [0.29, 0.717) is 0 Å². The standard InChI is InChI=1S/C12H16N2O2/c1-7-5-12(16-2)9(6-10(7)13)8-3-4-11(8)14-15/h5-6,8,11H,3-4,13H2,1-2H3. The highest BCUT2D eigenvalue weighted by Crippen LogP contribution is 2.44. The molecule has 0 spiro atoms. The molecule has 4 heteroatoms. The highest BCUT2D eigenvalue weighted by atomic mass is 16.5. The minimum atomic E-state index is -0.115. The Balaban J connectivity index is 2.39. The molecule has 0 aromatic heterocycles. The average molecular weight is 220 g/mol. The molecule has 1 aliphatic rings. The number of nitrogens with two attached hydrogens (primary N) is 1. The van der Waals surface area contributed by atoms with E-state index in [1.54, 1.807) is 7.11 Å². The molecule has 1 fully saturated rings. The summed E-state index contributed by atoms with van der Waals surface area (Å²) in [7, 11) is 1.64. The van der Waals surface area contributed by atoms with Gasteiger partial charge in [-0.15, -0.1) is 0 Å². The number of ether oxygens (including phenoxy) is 1. The number of nitrogens with zero attached hydrogens (tertiary/aromatic N) is 1. The van der Waals surface area contributed by atoms with Crippen LogP contribution in [0.1, 0.15) is 29.9 Å². The molecular weight excluding hydrogens is 204 g/mol. The topological polar surface area (TPSA) is 64.7 Å². The SMILES string of the molecule is COc1cc(C)c(N)cc1C1CCC1N=O. The van der Waals surface area contributed by atoms with Crippen molar-refractivity contribution in [1.29, 1.82) is 0 Å². The summed E-state index contributed by atoms with van der Waals surface area (Å²) in [5.74, 6) is 0.986. The minimum absolute atomic E-state index is 0.115. The maximum absolute atomic E-state index is 10.6. The summed E-state index contributed by atoms with van der Waals surface area (Å²) < 4.78 is 5.33. The van der Waals surface area contributed by atoms with E-state index in [4.69, 9.17) is 10.5 Å². The summed E-state index contributed by atoms with van der Waals surface area (Å²) in [5.41, 5.74) is 8.64. The number of benzene rings is 1. The van der Waals surface area contributed by atoms with Gasteiger partial charge in [0.25, 0.3) is 0 Å². The lowest BCUT2D eigenvalue weighted by atomic mass is 9.75. The van der Waals surface area contributed by atoms with E-state index in [9.17, 15) is 4.91 Å². The Morgan fingerprint density at radius 1 is 1.44 bits per heavy atom. The molecule has 1 aromatic carbocycles. The zero-order valence-electron chi connectivity index (χ0n) is 9.56. The Morgan fingerprint density at radius 3 is 2.69 bits per heavy atom. The van der Waals surface area contributed by atoms with Gasteiger partial charge >= 0.3 is 0 Å². The van der Waals surface area contributed by atoms with Crippen LogP contribution in [-0.2, 0) is 0 Å². The lowest BCUT2D eigenvalue weighted by Crippen LogP contribution is -2.27. The Labute approximate surface area is 94.8 Å². The summed E-state index contributed by atoms with van der Waals surface area (Å²) in [4.78, 5) is 10.6. The van der Waals surface area contributed by atoms with Gasteiger partial charge in [0, 0.05) is 17.2 Å². The minimum Gasteiger partial charge on any atom is -0.496 e. The third kappa shape index (κ3) is 1.64. The van der Waals surface area contributed by atoms with Gasteiger partial charge in [0.1, 0.15) is 5.75 Å². The van der Waals surface area contributed by atoms with E-state index in [1.165, 1.54) is 0 Å². The number of hydrogen-bond donors (Lipinski definition) is 1. The van der Waals surface area contributed by atoms with Gasteiger partial charge in [-0.2, -0.15) is 4.91 Å². The predicted octanol–water partition coefficient (Wildman–Crippen LogP) is 2.60. The summed E-state index contributed by atoms with van der Waals surface area (Å²) in [6, 6.07) is 3.72. The molecule has 1 aromatic rings. The van der Waals surface area contributed by atoms with Gasteiger partial charge in [-0.1, -0.05) is 5.18 Å². The fourth-order valence-corrected chi connectivity index (χ4v) is 2.15. The van der Waals surface area contributed by atoms with E-state index in [1.807, 2.05) is 19.1 Å². The molecule has 0 radical (unpaired) electrons. The number of methoxy groups -OCH3 is 1. The summed E-state index contributed by atoms with van der Waals surface area (Å²) in [6.07, 6.45) is 1.85. The summed E-state index contributed by atoms with van der Waals surface area (Å²) >= 11 is 0. The van der Waals surface area contributed by atoms with E-state index >= 15 is 0 Å².